The molecule has 0 saturated heterocycles. The van der Waals surface area contributed by atoms with Gasteiger partial charge in [-0.15, -0.1) is 0 Å². The van der Waals surface area contributed by atoms with Crippen LogP contribution in [-0.4, -0.2) is 29.3 Å². The van der Waals surface area contributed by atoms with Crippen LogP contribution in [0.15, 0.2) is 48.5 Å². The molecule has 2 rings (SSSR count). The molecule has 0 aliphatic carbocycles. The van der Waals surface area contributed by atoms with Crippen molar-refractivity contribution in [3.63, 3.8) is 0 Å². The minimum Gasteiger partial charge on any atom is -0.354 e. The van der Waals surface area contributed by atoms with Crippen molar-refractivity contribution in [3.05, 3.63) is 69.7 Å². The van der Waals surface area contributed by atoms with Crippen molar-refractivity contribution < 1.29 is 9.59 Å². The zero-order valence-electron chi connectivity index (χ0n) is 16.3. The molecule has 0 spiro atoms. The van der Waals surface area contributed by atoms with Gasteiger partial charge in [-0.25, -0.2) is 0 Å². The summed E-state index contributed by atoms with van der Waals surface area (Å²) in [6, 6.07) is 13.9. The first-order valence-corrected chi connectivity index (χ1v) is 10.2. The van der Waals surface area contributed by atoms with Crippen LogP contribution in [0.4, 0.5) is 0 Å². The van der Waals surface area contributed by atoms with Gasteiger partial charge < -0.3 is 10.2 Å². The summed E-state index contributed by atoms with van der Waals surface area (Å²) in [5, 5.41) is 4.13. The van der Waals surface area contributed by atoms with Gasteiger partial charge in [0.05, 0.1) is 6.42 Å². The maximum absolute atomic E-state index is 13.0. The summed E-state index contributed by atoms with van der Waals surface area (Å²) in [6.07, 6.45) is 2.09. The van der Waals surface area contributed by atoms with Crippen LogP contribution in [0.25, 0.3) is 0 Å². The molecular weight excluding hydrogens is 395 g/mol. The van der Waals surface area contributed by atoms with Crippen LogP contribution in [0.2, 0.25) is 10.0 Å². The van der Waals surface area contributed by atoms with Crippen molar-refractivity contribution in [2.75, 3.05) is 6.54 Å². The van der Waals surface area contributed by atoms with Crippen LogP contribution in [0.1, 0.15) is 37.8 Å². The monoisotopic (exact) mass is 420 g/mol. The van der Waals surface area contributed by atoms with E-state index in [1.807, 2.05) is 24.3 Å². The Morgan fingerprint density at radius 2 is 1.75 bits per heavy atom. The standard InChI is InChI=1S/C22H26Cl2N2O2/c1-3-4-12-25-22(28)16(2)26(15-17-8-10-19(23)11-9-17)21(27)14-18-6-5-7-20(24)13-18/h5-11,13,16H,3-4,12,14-15H2,1-2H3,(H,25,28). The fourth-order valence-electron chi connectivity index (χ4n) is 2.83. The SMILES string of the molecule is CCCCNC(=O)C(C)N(Cc1ccc(Cl)cc1)C(=O)Cc1cccc(Cl)c1. The predicted molar refractivity (Wildman–Crippen MR) is 115 cm³/mol. The van der Waals surface area contributed by atoms with E-state index in [0.29, 0.717) is 23.1 Å². The fraction of sp³-hybridized carbons (Fsp3) is 0.364. The van der Waals surface area contributed by atoms with Gasteiger partial charge in [0.1, 0.15) is 6.04 Å². The lowest BCUT2D eigenvalue weighted by molar-refractivity contribution is -0.140. The van der Waals surface area contributed by atoms with Crippen molar-refractivity contribution in [1.29, 1.82) is 0 Å². The minimum atomic E-state index is -0.584. The average Bonchev–Trinajstić information content (AvgIpc) is 2.67. The molecular formula is C22H26Cl2N2O2. The van der Waals surface area contributed by atoms with Crippen LogP contribution in [0, 0.1) is 0 Å². The lowest BCUT2D eigenvalue weighted by Gasteiger charge is -2.29. The van der Waals surface area contributed by atoms with Gasteiger partial charge in [0.15, 0.2) is 0 Å². The van der Waals surface area contributed by atoms with Crippen molar-refractivity contribution in [3.8, 4) is 0 Å². The maximum atomic E-state index is 13.0. The summed E-state index contributed by atoms with van der Waals surface area (Å²) in [5.41, 5.74) is 1.73. The highest BCUT2D eigenvalue weighted by molar-refractivity contribution is 6.30. The van der Waals surface area contributed by atoms with E-state index in [9.17, 15) is 9.59 Å². The normalized spacial score (nSPS) is 11.7. The van der Waals surface area contributed by atoms with Gasteiger partial charge in [-0.3, -0.25) is 9.59 Å². The van der Waals surface area contributed by atoms with E-state index in [2.05, 4.69) is 12.2 Å². The Morgan fingerprint density at radius 3 is 2.39 bits per heavy atom. The molecule has 0 heterocycles. The number of benzene rings is 2. The Balaban J connectivity index is 2.17. The maximum Gasteiger partial charge on any atom is 0.242 e. The van der Waals surface area contributed by atoms with Gasteiger partial charge in [-0.2, -0.15) is 0 Å². The van der Waals surface area contributed by atoms with Crippen LogP contribution < -0.4 is 5.32 Å². The zero-order chi connectivity index (χ0) is 20.5. The Hall–Kier alpha value is -2.04. The Bertz CT molecular complexity index is 793. The molecule has 2 amide bonds. The number of unbranched alkanes of at least 4 members (excludes halogenated alkanes) is 1. The number of rotatable bonds is 9. The van der Waals surface area contributed by atoms with Crippen LogP contribution >= 0.6 is 23.2 Å². The smallest absolute Gasteiger partial charge is 0.242 e. The highest BCUT2D eigenvalue weighted by Crippen LogP contribution is 2.17. The molecule has 4 nitrogen and oxygen atoms in total. The second-order valence-corrected chi connectivity index (χ2v) is 7.65. The molecule has 0 aromatic heterocycles. The number of nitrogens with zero attached hydrogens (tertiary/aromatic N) is 1. The van der Waals surface area contributed by atoms with Crippen molar-refractivity contribution in [2.24, 2.45) is 0 Å². The predicted octanol–water partition coefficient (Wildman–Crippen LogP) is 4.87. The second kappa shape index (κ2) is 11.1. The van der Waals surface area contributed by atoms with E-state index < -0.39 is 6.04 Å². The first kappa shape index (κ1) is 22.3. The Kier molecular flexibility index (Phi) is 8.81. The lowest BCUT2D eigenvalue weighted by Crippen LogP contribution is -2.48. The summed E-state index contributed by atoms with van der Waals surface area (Å²) < 4.78 is 0. The number of hydrogen-bond donors (Lipinski definition) is 1. The number of amides is 2. The number of halogens is 2. The summed E-state index contributed by atoms with van der Waals surface area (Å²) in [7, 11) is 0. The summed E-state index contributed by atoms with van der Waals surface area (Å²) in [6.45, 7) is 4.76. The molecule has 0 aliphatic rings. The summed E-state index contributed by atoms with van der Waals surface area (Å²) in [4.78, 5) is 27.2. The van der Waals surface area contributed by atoms with E-state index in [-0.39, 0.29) is 18.2 Å². The molecule has 28 heavy (non-hydrogen) atoms. The fourth-order valence-corrected chi connectivity index (χ4v) is 3.17. The Morgan fingerprint density at radius 1 is 1.04 bits per heavy atom. The number of hydrogen-bond acceptors (Lipinski definition) is 2. The van der Waals surface area contributed by atoms with Gasteiger partial charge in [-0.1, -0.05) is 60.8 Å². The van der Waals surface area contributed by atoms with Crippen LogP contribution in [0.3, 0.4) is 0 Å². The molecule has 1 unspecified atom stereocenters. The highest BCUT2D eigenvalue weighted by atomic mass is 35.5. The molecule has 150 valence electrons. The van der Waals surface area contributed by atoms with Gasteiger partial charge in [0, 0.05) is 23.1 Å². The molecule has 0 bridgehead atoms. The average molecular weight is 421 g/mol. The molecule has 0 fully saturated rings. The molecule has 6 heteroatoms. The number of carbonyl (C=O) groups excluding carboxylic acids is 2. The van der Waals surface area contributed by atoms with Gasteiger partial charge in [0.2, 0.25) is 11.8 Å². The topological polar surface area (TPSA) is 49.4 Å². The van der Waals surface area contributed by atoms with E-state index in [0.717, 1.165) is 24.0 Å². The third kappa shape index (κ3) is 6.84. The molecule has 0 radical (unpaired) electrons. The molecule has 2 aromatic carbocycles. The molecule has 0 aliphatic heterocycles. The first-order valence-electron chi connectivity index (χ1n) is 9.46. The van der Waals surface area contributed by atoms with Crippen molar-refractivity contribution in [2.45, 2.75) is 45.7 Å². The Labute approximate surface area is 176 Å². The lowest BCUT2D eigenvalue weighted by atomic mass is 10.1. The minimum absolute atomic E-state index is 0.129. The van der Waals surface area contributed by atoms with Gasteiger partial charge >= 0.3 is 0 Å². The van der Waals surface area contributed by atoms with Gasteiger partial charge in [-0.05, 0) is 48.7 Å². The number of nitrogens with one attached hydrogen (secondary N) is 1. The van der Waals surface area contributed by atoms with E-state index in [1.54, 1.807) is 36.1 Å². The van der Waals surface area contributed by atoms with Gasteiger partial charge in [0.25, 0.3) is 0 Å². The van der Waals surface area contributed by atoms with Crippen molar-refractivity contribution in [1.82, 2.24) is 10.2 Å². The molecule has 2 aromatic rings. The molecule has 0 saturated carbocycles. The zero-order valence-corrected chi connectivity index (χ0v) is 17.8. The number of carbonyl (C=O) groups is 2. The third-order valence-electron chi connectivity index (χ3n) is 4.51. The van der Waals surface area contributed by atoms with Crippen LogP contribution in [0.5, 0.6) is 0 Å². The highest BCUT2D eigenvalue weighted by Gasteiger charge is 2.26. The quantitative estimate of drug-likeness (QED) is 0.588. The molecule has 1 atom stereocenters. The first-order chi connectivity index (χ1) is 13.4. The van der Waals surface area contributed by atoms with Crippen molar-refractivity contribution >= 4 is 35.0 Å². The van der Waals surface area contributed by atoms with Crippen LogP contribution in [-0.2, 0) is 22.6 Å². The largest absolute Gasteiger partial charge is 0.354 e. The third-order valence-corrected chi connectivity index (χ3v) is 4.99. The van der Waals surface area contributed by atoms with E-state index in [4.69, 9.17) is 23.2 Å². The van der Waals surface area contributed by atoms with E-state index in [1.165, 1.54) is 0 Å². The summed E-state index contributed by atoms with van der Waals surface area (Å²) in [5.74, 6) is -0.280. The molecule has 1 N–H and O–H groups in total. The van der Waals surface area contributed by atoms with E-state index >= 15 is 0 Å². The second-order valence-electron chi connectivity index (χ2n) is 6.78. The summed E-state index contributed by atoms with van der Waals surface area (Å²) >= 11 is 12.0.